The maximum absolute atomic E-state index is 11.6. The van der Waals surface area contributed by atoms with Crippen LogP contribution in [-0.2, 0) is 9.53 Å². The first-order valence-electron chi connectivity index (χ1n) is 4.64. The molecule has 1 aromatic rings. The first-order chi connectivity index (χ1) is 7.41. The summed E-state index contributed by atoms with van der Waals surface area (Å²) >= 11 is 0. The molecule has 0 aliphatic carbocycles. The van der Waals surface area contributed by atoms with E-state index in [-0.39, 0.29) is 5.56 Å². The van der Waals surface area contributed by atoms with Crippen molar-refractivity contribution in [1.29, 1.82) is 0 Å². The number of carbonyl (C=O) groups excluding carboxylic acids is 2. The molecule has 0 fully saturated rings. The van der Waals surface area contributed by atoms with Gasteiger partial charge in [0.2, 0.25) is 0 Å². The minimum absolute atomic E-state index is 0.230. The van der Waals surface area contributed by atoms with Crippen LogP contribution in [0.5, 0.6) is 0 Å². The van der Waals surface area contributed by atoms with E-state index in [0.717, 1.165) is 0 Å². The number of primary amides is 1. The van der Waals surface area contributed by atoms with Crippen molar-refractivity contribution in [3.63, 3.8) is 0 Å². The molecule has 0 bridgehead atoms. The molecule has 0 aliphatic heterocycles. The highest BCUT2D eigenvalue weighted by atomic mass is 16.5. The SMILES string of the molecule is Cc1ncc(N)cc1C(=O)OC(C)C(N)=O. The van der Waals surface area contributed by atoms with Crippen molar-refractivity contribution < 1.29 is 14.3 Å². The molecule has 1 heterocycles. The van der Waals surface area contributed by atoms with Crippen LogP contribution in [-0.4, -0.2) is 23.0 Å². The van der Waals surface area contributed by atoms with Gasteiger partial charge in [0.05, 0.1) is 23.1 Å². The normalized spacial score (nSPS) is 11.9. The zero-order chi connectivity index (χ0) is 12.3. The summed E-state index contributed by atoms with van der Waals surface area (Å²) in [5.74, 6) is -1.37. The average molecular weight is 223 g/mol. The number of aryl methyl sites for hydroxylation is 1. The molecule has 0 aliphatic rings. The van der Waals surface area contributed by atoms with Gasteiger partial charge < -0.3 is 16.2 Å². The number of aromatic nitrogens is 1. The number of carbonyl (C=O) groups is 2. The molecule has 86 valence electrons. The molecule has 0 radical (unpaired) electrons. The third kappa shape index (κ3) is 2.69. The zero-order valence-electron chi connectivity index (χ0n) is 9.06. The number of amides is 1. The molecule has 0 saturated heterocycles. The Morgan fingerprint density at radius 3 is 2.69 bits per heavy atom. The molecule has 1 atom stereocenters. The van der Waals surface area contributed by atoms with Gasteiger partial charge >= 0.3 is 5.97 Å². The van der Waals surface area contributed by atoms with Gasteiger partial charge in [-0.1, -0.05) is 0 Å². The molecule has 16 heavy (non-hydrogen) atoms. The van der Waals surface area contributed by atoms with Crippen molar-refractivity contribution in [1.82, 2.24) is 4.98 Å². The molecule has 1 unspecified atom stereocenters. The Morgan fingerprint density at radius 2 is 2.12 bits per heavy atom. The lowest BCUT2D eigenvalue weighted by atomic mass is 10.2. The molecular weight excluding hydrogens is 210 g/mol. The molecule has 6 heteroatoms. The lowest BCUT2D eigenvalue weighted by Gasteiger charge is -2.10. The molecule has 0 spiro atoms. The Hall–Kier alpha value is -2.11. The highest BCUT2D eigenvalue weighted by Crippen LogP contribution is 2.11. The zero-order valence-corrected chi connectivity index (χ0v) is 9.06. The van der Waals surface area contributed by atoms with Gasteiger partial charge in [0, 0.05) is 0 Å². The van der Waals surface area contributed by atoms with Crippen LogP contribution >= 0.6 is 0 Å². The van der Waals surface area contributed by atoms with E-state index in [1.54, 1.807) is 6.92 Å². The predicted octanol–water partition coefficient (Wildman–Crippen LogP) is 0.00282. The number of esters is 1. The second kappa shape index (κ2) is 4.61. The number of nitrogens with zero attached hydrogens (tertiary/aromatic N) is 1. The average Bonchev–Trinajstić information content (AvgIpc) is 2.21. The van der Waals surface area contributed by atoms with Crippen LogP contribution in [0.2, 0.25) is 0 Å². The van der Waals surface area contributed by atoms with Crippen molar-refractivity contribution in [2.45, 2.75) is 20.0 Å². The maximum Gasteiger partial charge on any atom is 0.340 e. The van der Waals surface area contributed by atoms with Crippen LogP contribution in [0.4, 0.5) is 5.69 Å². The van der Waals surface area contributed by atoms with Crippen LogP contribution < -0.4 is 11.5 Å². The number of pyridine rings is 1. The van der Waals surface area contributed by atoms with Gasteiger partial charge in [-0.05, 0) is 19.9 Å². The van der Waals surface area contributed by atoms with E-state index in [1.807, 2.05) is 0 Å². The van der Waals surface area contributed by atoms with E-state index in [4.69, 9.17) is 16.2 Å². The molecule has 1 amide bonds. The van der Waals surface area contributed by atoms with Crippen molar-refractivity contribution in [3.8, 4) is 0 Å². The third-order valence-corrected chi connectivity index (χ3v) is 2.01. The van der Waals surface area contributed by atoms with Crippen molar-refractivity contribution in [2.75, 3.05) is 5.73 Å². The number of nitrogen functional groups attached to an aromatic ring is 1. The molecule has 1 aromatic heterocycles. The van der Waals surface area contributed by atoms with Crippen LogP contribution in [0.25, 0.3) is 0 Å². The van der Waals surface area contributed by atoms with Gasteiger partial charge in [-0.2, -0.15) is 0 Å². The lowest BCUT2D eigenvalue weighted by molar-refractivity contribution is -0.125. The van der Waals surface area contributed by atoms with Crippen molar-refractivity contribution in [3.05, 3.63) is 23.5 Å². The molecule has 0 aromatic carbocycles. The number of rotatable bonds is 3. The van der Waals surface area contributed by atoms with Gasteiger partial charge in [-0.15, -0.1) is 0 Å². The van der Waals surface area contributed by atoms with E-state index in [9.17, 15) is 9.59 Å². The highest BCUT2D eigenvalue weighted by Gasteiger charge is 2.18. The third-order valence-electron chi connectivity index (χ3n) is 2.01. The number of anilines is 1. The van der Waals surface area contributed by atoms with E-state index in [1.165, 1.54) is 19.2 Å². The summed E-state index contributed by atoms with van der Waals surface area (Å²) in [6, 6.07) is 1.44. The molecule has 6 nitrogen and oxygen atoms in total. The highest BCUT2D eigenvalue weighted by molar-refractivity contribution is 5.93. The van der Waals surface area contributed by atoms with Gasteiger partial charge in [0.1, 0.15) is 0 Å². The Kier molecular flexibility index (Phi) is 3.44. The summed E-state index contributed by atoms with van der Waals surface area (Å²) in [6.45, 7) is 3.04. The van der Waals surface area contributed by atoms with E-state index in [0.29, 0.717) is 11.4 Å². The number of hydrogen-bond donors (Lipinski definition) is 2. The summed E-state index contributed by atoms with van der Waals surface area (Å²) in [6.07, 6.45) is 0.456. The van der Waals surface area contributed by atoms with E-state index in [2.05, 4.69) is 4.98 Å². The fourth-order valence-electron chi connectivity index (χ4n) is 1.04. The minimum Gasteiger partial charge on any atom is -0.449 e. The Balaban J connectivity index is 2.88. The molecule has 1 rings (SSSR count). The van der Waals surface area contributed by atoms with Crippen LogP contribution in [0.1, 0.15) is 23.0 Å². The lowest BCUT2D eigenvalue weighted by Crippen LogP contribution is -2.30. The van der Waals surface area contributed by atoms with E-state index < -0.39 is 18.0 Å². The number of ether oxygens (including phenoxy) is 1. The summed E-state index contributed by atoms with van der Waals surface area (Å²) in [4.78, 5) is 26.2. The first-order valence-corrected chi connectivity index (χ1v) is 4.64. The topological polar surface area (TPSA) is 108 Å². The van der Waals surface area contributed by atoms with Crippen LogP contribution in [0.15, 0.2) is 12.3 Å². The first kappa shape index (κ1) is 12.0. The molecule has 4 N–H and O–H groups in total. The summed E-state index contributed by atoms with van der Waals surface area (Å²) in [7, 11) is 0. The fourth-order valence-corrected chi connectivity index (χ4v) is 1.04. The molecule has 0 saturated carbocycles. The largest absolute Gasteiger partial charge is 0.449 e. The second-order valence-electron chi connectivity index (χ2n) is 3.35. The van der Waals surface area contributed by atoms with Crippen molar-refractivity contribution in [2.24, 2.45) is 5.73 Å². The van der Waals surface area contributed by atoms with Crippen molar-refractivity contribution >= 4 is 17.6 Å². The smallest absolute Gasteiger partial charge is 0.340 e. The Morgan fingerprint density at radius 1 is 1.50 bits per heavy atom. The minimum atomic E-state index is -0.978. The van der Waals surface area contributed by atoms with Gasteiger partial charge in [-0.25, -0.2) is 4.79 Å². The van der Waals surface area contributed by atoms with Gasteiger partial charge in [-0.3, -0.25) is 9.78 Å². The van der Waals surface area contributed by atoms with E-state index >= 15 is 0 Å². The Labute approximate surface area is 92.6 Å². The van der Waals surface area contributed by atoms with Crippen LogP contribution in [0.3, 0.4) is 0 Å². The second-order valence-corrected chi connectivity index (χ2v) is 3.35. The number of nitrogens with two attached hydrogens (primary N) is 2. The van der Waals surface area contributed by atoms with Crippen LogP contribution in [0, 0.1) is 6.92 Å². The maximum atomic E-state index is 11.6. The summed E-state index contributed by atoms with van der Waals surface area (Å²) in [5.41, 5.74) is 11.5. The quantitative estimate of drug-likeness (QED) is 0.701. The Bertz CT molecular complexity index is 431. The fraction of sp³-hybridized carbons (Fsp3) is 0.300. The monoisotopic (exact) mass is 223 g/mol. The van der Waals surface area contributed by atoms with Gasteiger partial charge in [0.15, 0.2) is 6.10 Å². The summed E-state index contributed by atoms with van der Waals surface area (Å²) < 4.78 is 4.82. The molecular formula is C10H13N3O3. The number of hydrogen-bond acceptors (Lipinski definition) is 5. The standard InChI is InChI=1S/C10H13N3O3/c1-5-8(3-7(11)4-13-5)10(15)16-6(2)9(12)14/h3-4,6H,11H2,1-2H3,(H2,12,14). The summed E-state index contributed by atoms with van der Waals surface area (Å²) in [5, 5.41) is 0. The van der Waals surface area contributed by atoms with Gasteiger partial charge in [0.25, 0.3) is 5.91 Å². The predicted molar refractivity (Wildman–Crippen MR) is 57.5 cm³/mol.